The van der Waals surface area contributed by atoms with Crippen LogP contribution < -0.4 is 0 Å². The van der Waals surface area contributed by atoms with E-state index in [9.17, 15) is 9.59 Å². The van der Waals surface area contributed by atoms with Gasteiger partial charge in [0.25, 0.3) is 0 Å². The molecule has 118 valence electrons. The normalized spacial score (nSPS) is 10.3. The summed E-state index contributed by atoms with van der Waals surface area (Å²) < 4.78 is 0. The highest BCUT2D eigenvalue weighted by Gasteiger charge is 2.11. The first-order valence-corrected chi connectivity index (χ1v) is 7.38. The number of aromatic nitrogens is 4. The molecule has 0 aliphatic carbocycles. The first-order chi connectivity index (χ1) is 11.7. The summed E-state index contributed by atoms with van der Waals surface area (Å²) in [5.41, 5.74) is 2.31. The molecule has 0 spiro atoms. The third-order valence-corrected chi connectivity index (χ3v) is 3.45. The fraction of sp³-hybridized carbons (Fsp3) is 0.111. The average molecular weight is 318 g/mol. The lowest BCUT2D eigenvalue weighted by molar-refractivity contribution is 0.0980. The predicted molar refractivity (Wildman–Crippen MR) is 86.6 cm³/mol. The number of nitrogens with zero attached hydrogens (tertiary/aromatic N) is 4. The van der Waals surface area contributed by atoms with Crippen molar-refractivity contribution in [3.05, 3.63) is 84.0 Å². The molecule has 0 atom stereocenters. The highest BCUT2D eigenvalue weighted by Crippen LogP contribution is 2.10. The van der Waals surface area contributed by atoms with Gasteiger partial charge in [-0.2, -0.15) is 0 Å². The largest absolute Gasteiger partial charge is 0.294 e. The van der Waals surface area contributed by atoms with Gasteiger partial charge in [0, 0.05) is 48.3 Å². The summed E-state index contributed by atoms with van der Waals surface area (Å²) in [7, 11) is 0. The van der Waals surface area contributed by atoms with Crippen LogP contribution in [0.25, 0.3) is 0 Å². The monoisotopic (exact) mass is 318 g/mol. The summed E-state index contributed by atoms with van der Waals surface area (Å²) in [5, 5.41) is 0. The molecular formula is C18H14N4O2. The highest BCUT2D eigenvalue weighted by atomic mass is 16.1. The molecule has 6 nitrogen and oxygen atoms in total. The molecular weight excluding hydrogens is 304 g/mol. The number of rotatable bonds is 6. The standard InChI is InChI=1S/C18H14N4O2/c23-17(9-15-11-19-5-7-21-15)13-1-2-14(4-3-13)18(24)10-16-12-20-6-8-22-16/h1-8,11-12H,9-10H2. The van der Waals surface area contributed by atoms with Gasteiger partial charge in [0.1, 0.15) is 0 Å². The number of carbonyl (C=O) groups excluding carboxylic acids is 2. The topological polar surface area (TPSA) is 85.7 Å². The lowest BCUT2D eigenvalue weighted by atomic mass is 10.0. The highest BCUT2D eigenvalue weighted by molar-refractivity contribution is 6.00. The van der Waals surface area contributed by atoms with Crippen molar-refractivity contribution in [2.75, 3.05) is 0 Å². The Morgan fingerprint density at radius 3 is 1.42 bits per heavy atom. The van der Waals surface area contributed by atoms with E-state index >= 15 is 0 Å². The van der Waals surface area contributed by atoms with Crippen LogP contribution in [0, 0.1) is 0 Å². The molecule has 0 radical (unpaired) electrons. The molecule has 0 unspecified atom stereocenters. The third kappa shape index (κ3) is 3.92. The van der Waals surface area contributed by atoms with E-state index in [1.54, 1.807) is 61.4 Å². The Morgan fingerprint density at radius 2 is 1.08 bits per heavy atom. The molecule has 2 aromatic heterocycles. The first-order valence-electron chi connectivity index (χ1n) is 7.38. The van der Waals surface area contributed by atoms with E-state index in [0.29, 0.717) is 22.5 Å². The fourth-order valence-electron chi connectivity index (χ4n) is 2.22. The van der Waals surface area contributed by atoms with Gasteiger partial charge in [-0.1, -0.05) is 24.3 Å². The molecule has 3 rings (SSSR count). The van der Waals surface area contributed by atoms with Crippen molar-refractivity contribution in [1.82, 2.24) is 19.9 Å². The van der Waals surface area contributed by atoms with Crippen molar-refractivity contribution in [3.63, 3.8) is 0 Å². The van der Waals surface area contributed by atoms with Gasteiger partial charge >= 0.3 is 0 Å². The second-order valence-corrected chi connectivity index (χ2v) is 5.17. The molecule has 24 heavy (non-hydrogen) atoms. The molecule has 0 amide bonds. The minimum absolute atomic E-state index is 0.0663. The Morgan fingerprint density at radius 1 is 0.667 bits per heavy atom. The molecule has 0 saturated carbocycles. The van der Waals surface area contributed by atoms with Gasteiger partial charge in [-0.3, -0.25) is 29.5 Å². The Bertz CT molecular complexity index is 761. The Balaban J connectivity index is 1.66. The predicted octanol–water partition coefficient (Wildman–Crippen LogP) is 2.12. The van der Waals surface area contributed by atoms with E-state index in [0.717, 1.165) is 0 Å². The summed E-state index contributed by atoms with van der Waals surface area (Å²) in [5.74, 6) is -0.133. The molecule has 1 aromatic carbocycles. The maximum Gasteiger partial charge on any atom is 0.168 e. The Hall–Kier alpha value is -3.28. The third-order valence-electron chi connectivity index (χ3n) is 3.45. The zero-order valence-corrected chi connectivity index (χ0v) is 12.8. The van der Waals surface area contributed by atoms with Crippen molar-refractivity contribution in [3.8, 4) is 0 Å². The lowest BCUT2D eigenvalue weighted by Gasteiger charge is -2.03. The quantitative estimate of drug-likeness (QED) is 0.647. The number of Topliss-reactive ketones (excluding diaryl/α,β-unsaturated/α-hetero) is 2. The molecule has 0 saturated heterocycles. The van der Waals surface area contributed by atoms with Crippen LogP contribution in [0.3, 0.4) is 0 Å². The van der Waals surface area contributed by atoms with Crippen LogP contribution in [0.15, 0.2) is 61.4 Å². The van der Waals surface area contributed by atoms with Gasteiger partial charge in [-0.25, -0.2) is 0 Å². The van der Waals surface area contributed by atoms with Gasteiger partial charge in [0.15, 0.2) is 11.6 Å². The van der Waals surface area contributed by atoms with E-state index in [1.165, 1.54) is 0 Å². The molecule has 3 aromatic rings. The second-order valence-electron chi connectivity index (χ2n) is 5.17. The van der Waals surface area contributed by atoms with Crippen LogP contribution in [0.5, 0.6) is 0 Å². The van der Waals surface area contributed by atoms with Gasteiger partial charge < -0.3 is 0 Å². The van der Waals surface area contributed by atoms with Crippen LogP contribution >= 0.6 is 0 Å². The maximum absolute atomic E-state index is 12.2. The minimum Gasteiger partial charge on any atom is -0.294 e. The van der Waals surface area contributed by atoms with Crippen LogP contribution in [-0.4, -0.2) is 31.5 Å². The van der Waals surface area contributed by atoms with E-state index in [2.05, 4.69) is 19.9 Å². The number of benzene rings is 1. The first kappa shape index (κ1) is 15.6. The number of hydrogen-bond acceptors (Lipinski definition) is 6. The van der Waals surface area contributed by atoms with Crippen molar-refractivity contribution in [1.29, 1.82) is 0 Å². The second kappa shape index (κ2) is 7.32. The van der Waals surface area contributed by atoms with E-state index in [-0.39, 0.29) is 24.4 Å². The summed E-state index contributed by atoms with van der Waals surface area (Å²) in [6.07, 6.45) is 9.72. The zero-order valence-electron chi connectivity index (χ0n) is 12.8. The molecule has 0 fully saturated rings. The van der Waals surface area contributed by atoms with Crippen LogP contribution in [-0.2, 0) is 12.8 Å². The number of carbonyl (C=O) groups is 2. The molecule has 2 heterocycles. The Labute approximate surface area is 138 Å². The summed E-state index contributed by atoms with van der Waals surface area (Å²) in [4.78, 5) is 40.5. The molecule has 0 bridgehead atoms. The van der Waals surface area contributed by atoms with Crippen LogP contribution in [0.4, 0.5) is 0 Å². The number of ketones is 2. The summed E-state index contributed by atoms with van der Waals surface area (Å²) in [6.45, 7) is 0. The van der Waals surface area contributed by atoms with Crippen molar-refractivity contribution < 1.29 is 9.59 Å². The summed E-state index contributed by atoms with van der Waals surface area (Å²) in [6, 6.07) is 6.62. The SMILES string of the molecule is O=C(Cc1cnccn1)c1ccc(C(=O)Cc2cnccn2)cc1. The van der Waals surface area contributed by atoms with Gasteiger partial charge in [0.05, 0.1) is 24.2 Å². The van der Waals surface area contributed by atoms with Gasteiger partial charge in [0.2, 0.25) is 0 Å². The molecule has 0 N–H and O–H groups in total. The fourth-order valence-corrected chi connectivity index (χ4v) is 2.22. The van der Waals surface area contributed by atoms with E-state index in [4.69, 9.17) is 0 Å². The molecule has 0 aliphatic rings. The molecule has 6 heteroatoms. The van der Waals surface area contributed by atoms with Gasteiger partial charge in [-0.15, -0.1) is 0 Å². The summed E-state index contributed by atoms with van der Waals surface area (Å²) >= 11 is 0. The van der Waals surface area contributed by atoms with Crippen molar-refractivity contribution in [2.45, 2.75) is 12.8 Å². The van der Waals surface area contributed by atoms with E-state index < -0.39 is 0 Å². The van der Waals surface area contributed by atoms with Gasteiger partial charge in [-0.05, 0) is 0 Å². The maximum atomic E-state index is 12.2. The lowest BCUT2D eigenvalue weighted by Crippen LogP contribution is -2.08. The average Bonchev–Trinajstić information content (AvgIpc) is 2.63. The van der Waals surface area contributed by atoms with Crippen LogP contribution in [0.1, 0.15) is 32.1 Å². The molecule has 0 aliphatic heterocycles. The van der Waals surface area contributed by atoms with Crippen LogP contribution in [0.2, 0.25) is 0 Å². The van der Waals surface area contributed by atoms with E-state index in [1.807, 2.05) is 0 Å². The van der Waals surface area contributed by atoms with Crippen molar-refractivity contribution in [2.24, 2.45) is 0 Å². The minimum atomic E-state index is -0.0663. The smallest absolute Gasteiger partial charge is 0.168 e. The van der Waals surface area contributed by atoms with Crippen molar-refractivity contribution >= 4 is 11.6 Å². The number of hydrogen-bond donors (Lipinski definition) is 0. The Kier molecular flexibility index (Phi) is 4.76. The zero-order chi connectivity index (χ0) is 16.8.